The van der Waals surface area contributed by atoms with Crippen LogP contribution in [-0.4, -0.2) is 18.1 Å². The van der Waals surface area contributed by atoms with Gasteiger partial charge in [0.25, 0.3) is 6.01 Å². The monoisotopic (exact) mass is 215 g/mol. The number of rotatable bonds is 3. The maximum absolute atomic E-state index is 8.64. The second-order valence-corrected chi connectivity index (χ2v) is 3.79. The van der Waals surface area contributed by atoms with Crippen LogP contribution in [-0.2, 0) is 0 Å². The van der Waals surface area contributed by atoms with Crippen LogP contribution in [0.25, 0.3) is 11.1 Å². The van der Waals surface area contributed by atoms with Crippen molar-refractivity contribution in [2.24, 2.45) is 0 Å². The van der Waals surface area contributed by atoms with Gasteiger partial charge < -0.3 is 9.32 Å². The number of aromatic nitrogens is 1. The van der Waals surface area contributed by atoms with Crippen LogP contribution in [0.3, 0.4) is 0 Å². The summed E-state index contributed by atoms with van der Waals surface area (Å²) >= 11 is 0. The van der Waals surface area contributed by atoms with E-state index in [1.165, 1.54) is 0 Å². The zero-order valence-electron chi connectivity index (χ0n) is 9.34. The minimum atomic E-state index is 0.0954. The maximum atomic E-state index is 8.64. The van der Waals surface area contributed by atoms with E-state index in [1.807, 2.05) is 43.1 Å². The molecule has 0 aliphatic rings. The molecule has 82 valence electrons. The topological polar surface area (TPSA) is 53.1 Å². The van der Waals surface area contributed by atoms with Crippen molar-refractivity contribution in [2.45, 2.75) is 19.4 Å². The van der Waals surface area contributed by atoms with E-state index in [2.05, 4.69) is 11.1 Å². The Balaban J connectivity index is 2.30. The van der Waals surface area contributed by atoms with Gasteiger partial charge >= 0.3 is 0 Å². The highest BCUT2D eigenvalue weighted by molar-refractivity contribution is 5.74. The molecule has 0 radical (unpaired) electrons. The van der Waals surface area contributed by atoms with Crippen LogP contribution in [0, 0.1) is 11.3 Å². The molecular formula is C12H13N3O. The molecule has 4 heteroatoms. The first kappa shape index (κ1) is 10.5. The number of para-hydroxylation sites is 2. The third kappa shape index (κ3) is 1.84. The van der Waals surface area contributed by atoms with Crippen molar-refractivity contribution in [3.8, 4) is 6.07 Å². The third-order valence-corrected chi connectivity index (χ3v) is 2.63. The van der Waals surface area contributed by atoms with E-state index in [1.54, 1.807) is 0 Å². The molecule has 1 aromatic carbocycles. The molecule has 0 fully saturated rings. The zero-order valence-corrected chi connectivity index (χ0v) is 9.34. The Labute approximate surface area is 94.1 Å². The van der Waals surface area contributed by atoms with Crippen molar-refractivity contribution >= 4 is 17.1 Å². The Morgan fingerprint density at radius 3 is 2.94 bits per heavy atom. The lowest BCUT2D eigenvalue weighted by Crippen LogP contribution is -2.28. The van der Waals surface area contributed by atoms with Crippen LogP contribution in [0.4, 0.5) is 6.01 Å². The fourth-order valence-electron chi connectivity index (χ4n) is 1.47. The lowest BCUT2D eigenvalue weighted by atomic mass is 10.2. The summed E-state index contributed by atoms with van der Waals surface area (Å²) in [7, 11) is 1.88. The molecule has 4 nitrogen and oxygen atoms in total. The summed E-state index contributed by atoms with van der Waals surface area (Å²) in [5.41, 5.74) is 1.61. The van der Waals surface area contributed by atoms with Gasteiger partial charge in [-0.2, -0.15) is 10.2 Å². The minimum absolute atomic E-state index is 0.0954. The lowest BCUT2D eigenvalue weighted by Gasteiger charge is -2.20. The molecule has 0 bridgehead atoms. The molecule has 2 rings (SSSR count). The Bertz CT molecular complexity index is 493. The predicted molar refractivity (Wildman–Crippen MR) is 62.1 cm³/mol. The number of nitrogens with zero attached hydrogens (tertiary/aromatic N) is 3. The summed E-state index contributed by atoms with van der Waals surface area (Å²) in [6.07, 6.45) is 0.454. The van der Waals surface area contributed by atoms with Gasteiger partial charge in [0.1, 0.15) is 5.52 Å². The first-order chi connectivity index (χ1) is 7.72. The van der Waals surface area contributed by atoms with Crippen LogP contribution in [0.2, 0.25) is 0 Å². The van der Waals surface area contributed by atoms with Gasteiger partial charge in [0.05, 0.1) is 12.5 Å². The number of nitriles is 1. The highest BCUT2D eigenvalue weighted by atomic mass is 16.4. The van der Waals surface area contributed by atoms with Gasteiger partial charge in [-0.1, -0.05) is 12.1 Å². The molecule has 0 saturated carbocycles. The smallest absolute Gasteiger partial charge is 0.298 e. The zero-order chi connectivity index (χ0) is 11.5. The second-order valence-electron chi connectivity index (χ2n) is 3.79. The third-order valence-electron chi connectivity index (χ3n) is 2.63. The molecule has 16 heavy (non-hydrogen) atoms. The summed E-state index contributed by atoms with van der Waals surface area (Å²) in [5.74, 6) is 0. The average molecular weight is 215 g/mol. The van der Waals surface area contributed by atoms with Gasteiger partial charge in [-0.25, -0.2) is 0 Å². The van der Waals surface area contributed by atoms with Crippen molar-refractivity contribution in [1.82, 2.24) is 4.98 Å². The van der Waals surface area contributed by atoms with E-state index < -0.39 is 0 Å². The number of oxazole rings is 1. The van der Waals surface area contributed by atoms with E-state index in [0.29, 0.717) is 12.4 Å². The van der Waals surface area contributed by atoms with Crippen molar-refractivity contribution < 1.29 is 4.42 Å². The van der Waals surface area contributed by atoms with Gasteiger partial charge in [0.2, 0.25) is 0 Å². The van der Waals surface area contributed by atoms with E-state index in [-0.39, 0.29) is 6.04 Å². The van der Waals surface area contributed by atoms with Gasteiger partial charge in [-0.3, -0.25) is 0 Å². The summed E-state index contributed by atoms with van der Waals surface area (Å²) in [6, 6.07) is 10.4. The van der Waals surface area contributed by atoms with Crippen molar-refractivity contribution in [3.63, 3.8) is 0 Å². The number of anilines is 1. The van der Waals surface area contributed by atoms with E-state index in [9.17, 15) is 0 Å². The Morgan fingerprint density at radius 2 is 2.25 bits per heavy atom. The van der Waals surface area contributed by atoms with Crippen LogP contribution in [0.15, 0.2) is 28.7 Å². The molecule has 2 aromatic rings. The fourth-order valence-corrected chi connectivity index (χ4v) is 1.47. The molecule has 1 atom stereocenters. The maximum Gasteiger partial charge on any atom is 0.298 e. The molecule has 1 heterocycles. The largest absolute Gasteiger partial charge is 0.423 e. The molecule has 1 aromatic heterocycles. The SMILES string of the molecule is CC(CC#N)N(C)c1nc2ccccc2o1. The summed E-state index contributed by atoms with van der Waals surface area (Å²) in [6.45, 7) is 1.97. The van der Waals surface area contributed by atoms with E-state index in [0.717, 1.165) is 11.1 Å². The van der Waals surface area contributed by atoms with Gasteiger partial charge in [0, 0.05) is 13.1 Å². The number of hydrogen-bond acceptors (Lipinski definition) is 4. The Morgan fingerprint density at radius 1 is 1.50 bits per heavy atom. The number of fused-ring (bicyclic) bond motifs is 1. The normalized spacial score (nSPS) is 12.3. The molecule has 1 unspecified atom stereocenters. The van der Waals surface area contributed by atoms with Crippen LogP contribution in [0.1, 0.15) is 13.3 Å². The molecule has 0 N–H and O–H groups in total. The first-order valence-electron chi connectivity index (χ1n) is 5.17. The predicted octanol–water partition coefficient (Wildman–Crippen LogP) is 2.57. The average Bonchev–Trinajstić information content (AvgIpc) is 2.71. The number of hydrogen-bond donors (Lipinski definition) is 0. The van der Waals surface area contributed by atoms with Gasteiger partial charge in [-0.15, -0.1) is 0 Å². The van der Waals surface area contributed by atoms with E-state index >= 15 is 0 Å². The summed E-state index contributed by atoms with van der Waals surface area (Å²) < 4.78 is 5.60. The molecule has 0 aliphatic carbocycles. The minimum Gasteiger partial charge on any atom is -0.423 e. The quantitative estimate of drug-likeness (QED) is 0.789. The van der Waals surface area contributed by atoms with Crippen molar-refractivity contribution in [3.05, 3.63) is 24.3 Å². The van der Waals surface area contributed by atoms with E-state index in [4.69, 9.17) is 9.68 Å². The number of benzene rings is 1. The fraction of sp³-hybridized carbons (Fsp3) is 0.333. The van der Waals surface area contributed by atoms with Crippen LogP contribution >= 0.6 is 0 Å². The molecule has 0 aliphatic heterocycles. The Kier molecular flexibility index (Phi) is 2.78. The lowest BCUT2D eigenvalue weighted by molar-refractivity contribution is 0.551. The first-order valence-corrected chi connectivity index (χ1v) is 5.17. The summed E-state index contributed by atoms with van der Waals surface area (Å²) in [5, 5.41) is 8.64. The molecule has 0 saturated heterocycles. The molecular weight excluding hydrogens is 202 g/mol. The van der Waals surface area contributed by atoms with Crippen LogP contribution < -0.4 is 4.90 Å². The standard InChI is InChI=1S/C12H13N3O/c1-9(7-8-13)15(2)12-14-10-5-3-4-6-11(10)16-12/h3-6,9H,7H2,1-2H3. The van der Waals surface area contributed by atoms with Crippen molar-refractivity contribution in [1.29, 1.82) is 5.26 Å². The van der Waals surface area contributed by atoms with Gasteiger partial charge in [0.15, 0.2) is 5.58 Å². The Hall–Kier alpha value is -2.02. The summed E-state index contributed by atoms with van der Waals surface area (Å²) in [4.78, 5) is 6.24. The van der Waals surface area contributed by atoms with Crippen LogP contribution in [0.5, 0.6) is 0 Å². The molecule has 0 spiro atoms. The second kappa shape index (κ2) is 4.23. The van der Waals surface area contributed by atoms with Crippen molar-refractivity contribution in [2.75, 3.05) is 11.9 Å². The highest BCUT2D eigenvalue weighted by Gasteiger charge is 2.15. The molecule has 0 amide bonds. The highest BCUT2D eigenvalue weighted by Crippen LogP contribution is 2.22. The van der Waals surface area contributed by atoms with Gasteiger partial charge in [-0.05, 0) is 19.1 Å².